The van der Waals surface area contributed by atoms with E-state index in [0.717, 1.165) is 29.6 Å². The first-order chi connectivity index (χ1) is 7.54. The van der Waals surface area contributed by atoms with Crippen molar-refractivity contribution in [2.45, 2.75) is 38.3 Å². The molecule has 1 fully saturated rings. The Morgan fingerprint density at radius 3 is 2.94 bits per heavy atom. The summed E-state index contributed by atoms with van der Waals surface area (Å²) in [7, 11) is 0. The highest BCUT2D eigenvalue weighted by atomic mass is 79.9. The average molecular weight is 288 g/mol. The van der Waals surface area contributed by atoms with Crippen molar-refractivity contribution in [1.29, 1.82) is 0 Å². The first-order valence-corrected chi connectivity index (χ1v) is 6.50. The maximum atomic E-state index is 10.7. The van der Waals surface area contributed by atoms with Crippen LogP contribution in [0.15, 0.2) is 10.7 Å². The van der Waals surface area contributed by atoms with Gasteiger partial charge in [0.1, 0.15) is 5.60 Å². The molecule has 0 bridgehead atoms. The Morgan fingerprint density at radius 2 is 2.38 bits per heavy atom. The Hall–Kier alpha value is -0.390. The van der Waals surface area contributed by atoms with Gasteiger partial charge in [0.25, 0.3) is 0 Å². The lowest BCUT2D eigenvalue weighted by atomic mass is 9.90. The van der Waals surface area contributed by atoms with Crippen molar-refractivity contribution in [1.82, 2.24) is 15.1 Å². The molecule has 5 heteroatoms. The Labute approximate surface area is 104 Å². The molecule has 0 saturated carbocycles. The molecule has 1 aliphatic heterocycles. The maximum absolute atomic E-state index is 10.7. The fourth-order valence-electron chi connectivity index (χ4n) is 2.26. The molecule has 0 aliphatic carbocycles. The van der Waals surface area contributed by atoms with Crippen LogP contribution in [0.25, 0.3) is 0 Å². The van der Waals surface area contributed by atoms with Gasteiger partial charge in [0.05, 0.1) is 16.4 Å². The molecule has 1 unspecified atom stereocenters. The number of aliphatic hydroxyl groups is 1. The molecule has 0 amide bonds. The number of rotatable bonds is 2. The smallest absolute Gasteiger partial charge is 0.120 e. The van der Waals surface area contributed by atoms with Crippen molar-refractivity contribution >= 4 is 15.9 Å². The largest absolute Gasteiger partial charge is 0.382 e. The van der Waals surface area contributed by atoms with Crippen molar-refractivity contribution in [3.8, 4) is 0 Å². The molecule has 2 N–H and O–H groups in total. The molecule has 1 aliphatic rings. The number of piperidine rings is 1. The summed E-state index contributed by atoms with van der Waals surface area (Å²) in [4.78, 5) is 0. The zero-order valence-corrected chi connectivity index (χ0v) is 11.3. The summed E-state index contributed by atoms with van der Waals surface area (Å²) in [6.07, 6.45) is 3.55. The van der Waals surface area contributed by atoms with Crippen LogP contribution < -0.4 is 5.32 Å². The maximum Gasteiger partial charge on any atom is 0.120 e. The summed E-state index contributed by atoms with van der Waals surface area (Å²) in [5.74, 6) is 0. The van der Waals surface area contributed by atoms with Crippen LogP contribution >= 0.6 is 15.9 Å². The molecule has 2 rings (SSSR count). The van der Waals surface area contributed by atoms with E-state index >= 15 is 0 Å². The van der Waals surface area contributed by atoms with E-state index in [1.54, 1.807) is 6.20 Å². The van der Waals surface area contributed by atoms with E-state index in [4.69, 9.17) is 0 Å². The molecule has 1 aromatic rings. The Balaban J connectivity index is 2.41. The third kappa shape index (κ3) is 2.04. The molecule has 1 aromatic heterocycles. The third-order valence-electron chi connectivity index (χ3n) is 3.04. The highest BCUT2D eigenvalue weighted by Gasteiger charge is 2.36. The fourth-order valence-corrected chi connectivity index (χ4v) is 2.90. The number of hydrogen-bond acceptors (Lipinski definition) is 3. The van der Waals surface area contributed by atoms with E-state index in [1.807, 2.05) is 4.68 Å². The quantitative estimate of drug-likeness (QED) is 0.872. The molecule has 16 heavy (non-hydrogen) atoms. The summed E-state index contributed by atoms with van der Waals surface area (Å²) >= 11 is 3.49. The van der Waals surface area contributed by atoms with Crippen LogP contribution in [0.1, 0.15) is 38.4 Å². The number of aromatic nitrogens is 2. The van der Waals surface area contributed by atoms with Gasteiger partial charge in [-0.25, -0.2) is 0 Å². The minimum Gasteiger partial charge on any atom is -0.382 e. The predicted octanol–water partition coefficient (Wildman–Crippen LogP) is 1.80. The van der Waals surface area contributed by atoms with E-state index in [-0.39, 0.29) is 6.04 Å². The van der Waals surface area contributed by atoms with Gasteiger partial charge in [0.15, 0.2) is 0 Å². The first kappa shape index (κ1) is 12.1. The van der Waals surface area contributed by atoms with Gasteiger partial charge in [-0.2, -0.15) is 5.10 Å². The van der Waals surface area contributed by atoms with E-state index < -0.39 is 5.60 Å². The summed E-state index contributed by atoms with van der Waals surface area (Å²) in [6, 6.07) is 0.257. The van der Waals surface area contributed by atoms with Gasteiger partial charge in [-0.3, -0.25) is 4.68 Å². The van der Waals surface area contributed by atoms with E-state index in [2.05, 4.69) is 40.2 Å². The average Bonchev–Trinajstić information content (AvgIpc) is 2.62. The molecule has 0 spiro atoms. The minimum atomic E-state index is -0.794. The molecular formula is C11H18BrN3O. The lowest BCUT2D eigenvalue weighted by Crippen LogP contribution is -2.45. The standard InChI is InChI=1S/C11H18BrN3O/c1-8(2)15-10(9(12)6-14-15)11(16)4-3-5-13-7-11/h6,8,13,16H,3-5,7H2,1-2H3. The van der Waals surface area contributed by atoms with Crippen LogP contribution in [0.2, 0.25) is 0 Å². The van der Waals surface area contributed by atoms with Crippen molar-refractivity contribution in [3.63, 3.8) is 0 Å². The van der Waals surface area contributed by atoms with Crippen LogP contribution in [-0.2, 0) is 5.60 Å². The topological polar surface area (TPSA) is 50.1 Å². The fraction of sp³-hybridized carbons (Fsp3) is 0.727. The third-order valence-corrected chi connectivity index (χ3v) is 3.62. The summed E-state index contributed by atoms with van der Waals surface area (Å²) < 4.78 is 2.80. The van der Waals surface area contributed by atoms with Gasteiger partial charge in [-0.05, 0) is 49.2 Å². The van der Waals surface area contributed by atoms with E-state index in [9.17, 15) is 5.11 Å². The van der Waals surface area contributed by atoms with Crippen LogP contribution in [0, 0.1) is 0 Å². The molecule has 1 saturated heterocycles. The van der Waals surface area contributed by atoms with Crippen molar-refractivity contribution in [3.05, 3.63) is 16.4 Å². The van der Waals surface area contributed by atoms with Crippen molar-refractivity contribution in [2.75, 3.05) is 13.1 Å². The summed E-state index contributed by atoms with van der Waals surface area (Å²) in [6.45, 7) is 5.73. The Morgan fingerprint density at radius 1 is 1.62 bits per heavy atom. The van der Waals surface area contributed by atoms with E-state index in [0.29, 0.717) is 6.54 Å². The molecular weight excluding hydrogens is 270 g/mol. The zero-order valence-electron chi connectivity index (χ0n) is 9.70. The second kappa shape index (κ2) is 4.47. The Kier molecular flexibility index (Phi) is 3.37. The normalized spacial score (nSPS) is 26.3. The molecule has 90 valence electrons. The summed E-state index contributed by atoms with van der Waals surface area (Å²) in [5, 5.41) is 18.3. The van der Waals surface area contributed by atoms with Crippen molar-refractivity contribution < 1.29 is 5.11 Å². The van der Waals surface area contributed by atoms with Gasteiger partial charge in [-0.15, -0.1) is 0 Å². The van der Waals surface area contributed by atoms with Gasteiger partial charge in [0.2, 0.25) is 0 Å². The van der Waals surface area contributed by atoms with Gasteiger partial charge in [-0.1, -0.05) is 0 Å². The molecule has 1 atom stereocenters. The number of β-amino-alcohol motifs (C(OH)–C–C–N with tert-alkyl or cyclic N) is 1. The van der Waals surface area contributed by atoms with Gasteiger partial charge in [0, 0.05) is 12.6 Å². The lowest BCUT2D eigenvalue weighted by Gasteiger charge is -2.34. The predicted molar refractivity (Wildman–Crippen MR) is 66.3 cm³/mol. The highest BCUT2D eigenvalue weighted by molar-refractivity contribution is 9.10. The van der Waals surface area contributed by atoms with Gasteiger partial charge >= 0.3 is 0 Å². The van der Waals surface area contributed by atoms with Crippen LogP contribution in [-0.4, -0.2) is 28.0 Å². The molecule has 4 nitrogen and oxygen atoms in total. The molecule has 2 heterocycles. The second-order valence-corrected chi connectivity index (χ2v) is 5.55. The Bertz CT molecular complexity index is 369. The first-order valence-electron chi connectivity index (χ1n) is 5.71. The minimum absolute atomic E-state index is 0.257. The lowest BCUT2D eigenvalue weighted by molar-refractivity contribution is 0.00233. The van der Waals surface area contributed by atoms with Crippen molar-refractivity contribution in [2.24, 2.45) is 0 Å². The SMILES string of the molecule is CC(C)n1ncc(Br)c1C1(O)CCCNC1. The zero-order chi connectivity index (χ0) is 11.8. The van der Waals surface area contributed by atoms with E-state index in [1.165, 1.54) is 0 Å². The molecule has 0 radical (unpaired) electrons. The second-order valence-electron chi connectivity index (χ2n) is 4.69. The van der Waals surface area contributed by atoms with Gasteiger partial charge < -0.3 is 10.4 Å². The number of hydrogen-bond donors (Lipinski definition) is 2. The van der Waals surface area contributed by atoms with Crippen LogP contribution in [0.4, 0.5) is 0 Å². The highest BCUT2D eigenvalue weighted by Crippen LogP contribution is 2.34. The van der Waals surface area contributed by atoms with Crippen LogP contribution in [0.5, 0.6) is 0 Å². The monoisotopic (exact) mass is 287 g/mol. The molecule has 0 aromatic carbocycles. The summed E-state index contributed by atoms with van der Waals surface area (Å²) in [5.41, 5.74) is 0.104. The number of nitrogens with zero attached hydrogens (tertiary/aromatic N) is 2. The number of nitrogens with one attached hydrogen (secondary N) is 1. The number of halogens is 1. The van der Waals surface area contributed by atoms with Crippen LogP contribution in [0.3, 0.4) is 0 Å².